The van der Waals surface area contributed by atoms with Gasteiger partial charge in [0.2, 0.25) is 12.6 Å². The van der Waals surface area contributed by atoms with Crippen molar-refractivity contribution in [2.75, 3.05) is 19.8 Å². The van der Waals surface area contributed by atoms with Gasteiger partial charge in [0.05, 0.1) is 60.3 Å². The van der Waals surface area contributed by atoms with Crippen LogP contribution in [0.15, 0.2) is 91.0 Å². The Kier molecular flexibility index (Phi) is 13.8. The van der Waals surface area contributed by atoms with Crippen LogP contribution < -0.4 is 9.47 Å². The van der Waals surface area contributed by atoms with Gasteiger partial charge in [0.25, 0.3) is 6.01 Å². The molecule has 20 heteroatoms. The summed E-state index contributed by atoms with van der Waals surface area (Å²) < 4.78 is 23.6. The van der Waals surface area contributed by atoms with E-state index in [1.54, 1.807) is 30.3 Å². The molecular formula is C37H38N8O12. The number of ether oxygens (including phenoxy) is 4. The fraction of sp³-hybridized carbons (Fsp3) is 0.243. The van der Waals surface area contributed by atoms with E-state index in [-0.39, 0.29) is 37.7 Å². The third-order valence-corrected chi connectivity index (χ3v) is 8.17. The minimum atomic E-state index is -1.02. The summed E-state index contributed by atoms with van der Waals surface area (Å²) in [5.41, 5.74) is 5.22. The molecule has 0 fully saturated rings. The number of nitrogens with zero attached hydrogens (tertiary/aromatic N) is 8. The molecule has 0 spiro atoms. The third kappa shape index (κ3) is 10.9. The first-order chi connectivity index (χ1) is 27.7. The minimum absolute atomic E-state index is 0.0411. The molecule has 0 aliphatic carbocycles. The number of carbonyl (C=O) groups excluding carboxylic acids is 2. The Morgan fingerprint density at radius 1 is 0.789 bits per heavy atom. The fourth-order valence-electron chi connectivity index (χ4n) is 5.68. The molecule has 0 saturated heterocycles. The Morgan fingerprint density at radius 2 is 1.54 bits per heavy atom. The first kappa shape index (κ1) is 40.3. The van der Waals surface area contributed by atoms with Gasteiger partial charge < -0.3 is 18.9 Å². The number of aromatic nitrogens is 6. The number of unbranched alkanes of at least 4 members (excludes halogenated alkanes) is 1. The molecule has 0 amide bonds. The van der Waals surface area contributed by atoms with Crippen molar-refractivity contribution in [3.63, 3.8) is 0 Å². The van der Waals surface area contributed by atoms with Crippen LogP contribution in [0.5, 0.6) is 11.8 Å². The molecule has 0 bridgehead atoms. The molecule has 4 aromatic carbocycles. The molecule has 20 nitrogen and oxygen atoms in total. The van der Waals surface area contributed by atoms with Gasteiger partial charge in [-0.05, 0) is 71.5 Å². The molecule has 57 heavy (non-hydrogen) atoms. The number of esters is 1. The predicted octanol–water partition coefficient (Wildman–Crippen LogP) is 5.44. The zero-order valence-electron chi connectivity index (χ0n) is 30.4. The van der Waals surface area contributed by atoms with Crippen molar-refractivity contribution >= 4 is 23.2 Å². The van der Waals surface area contributed by atoms with Crippen molar-refractivity contribution in [1.82, 2.24) is 40.5 Å². The molecule has 6 rings (SSSR count). The number of para-hydroxylation sites is 1. The van der Waals surface area contributed by atoms with Crippen LogP contribution in [0.4, 0.5) is 4.79 Å². The van der Waals surface area contributed by atoms with Crippen LogP contribution >= 0.6 is 0 Å². The average Bonchev–Trinajstić information content (AvgIpc) is 3.82. The highest BCUT2D eigenvalue weighted by Crippen LogP contribution is 2.31. The maximum absolute atomic E-state index is 13.2. The van der Waals surface area contributed by atoms with E-state index in [1.165, 1.54) is 12.1 Å². The molecule has 2 aromatic heterocycles. The number of hydrogen-bond acceptors (Lipinski definition) is 18. The number of rotatable bonds is 19. The smallest absolute Gasteiger partial charge is 0.465 e. The van der Waals surface area contributed by atoms with Gasteiger partial charge in [-0.25, -0.2) is 14.4 Å². The van der Waals surface area contributed by atoms with Crippen LogP contribution in [0.2, 0.25) is 0 Å². The Morgan fingerprint density at radius 3 is 2.32 bits per heavy atom. The van der Waals surface area contributed by atoms with Gasteiger partial charge in [-0.2, -0.15) is 4.98 Å². The van der Waals surface area contributed by atoms with Crippen LogP contribution in [-0.4, -0.2) is 93.3 Å². The van der Waals surface area contributed by atoms with E-state index in [1.807, 2.05) is 60.0 Å². The highest BCUT2D eigenvalue weighted by molar-refractivity contribution is 6.02. The fourth-order valence-corrected chi connectivity index (χ4v) is 5.68. The van der Waals surface area contributed by atoms with Crippen molar-refractivity contribution in [2.24, 2.45) is 0 Å². The molecule has 0 saturated carbocycles. The first-order valence-corrected chi connectivity index (χ1v) is 17.5. The molecule has 6 aromatic rings. The summed E-state index contributed by atoms with van der Waals surface area (Å²) in [6, 6.07) is 27.1. The van der Waals surface area contributed by atoms with Gasteiger partial charge in [0.15, 0.2) is 0 Å². The lowest BCUT2D eigenvalue weighted by Gasteiger charge is -2.13. The maximum Gasteiger partial charge on any atom is 0.515 e. The van der Waals surface area contributed by atoms with E-state index in [2.05, 4.69) is 30.1 Å². The molecule has 4 N–H and O–H groups in total. The van der Waals surface area contributed by atoms with Gasteiger partial charge in [-0.3, -0.25) is 30.2 Å². The van der Waals surface area contributed by atoms with Gasteiger partial charge in [0, 0.05) is 5.56 Å². The second-order valence-electron chi connectivity index (χ2n) is 12.0. The minimum Gasteiger partial charge on any atom is -0.465 e. The van der Waals surface area contributed by atoms with E-state index in [0.717, 1.165) is 21.5 Å². The van der Waals surface area contributed by atoms with Crippen molar-refractivity contribution in [3.8, 4) is 34.3 Å². The van der Waals surface area contributed by atoms with Crippen molar-refractivity contribution in [1.29, 1.82) is 0 Å². The number of hydrogen-bond donors (Lipinski definition) is 4. The summed E-state index contributed by atoms with van der Waals surface area (Å²) in [5, 5.41) is 46.6. The Hall–Kier alpha value is -6.36. The van der Waals surface area contributed by atoms with Crippen LogP contribution in [0.1, 0.15) is 41.3 Å². The largest absolute Gasteiger partial charge is 0.515 e. The molecule has 0 atom stereocenters. The zero-order valence-corrected chi connectivity index (χ0v) is 30.4. The van der Waals surface area contributed by atoms with Crippen LogP contribution in [0.3, 0.4) is 0 Å². The summed E-state index contributed by atoms with van der Waals surface area (Å²) >= 11 is 0. The number of tetrazole rings is 1. The average molecular weight is 787 g/mol. The summed E-state index contributed by atoms with van der Waals surface area (Å²) in [6.45, 7) is 2.12. The van der Waals surface area contributed by atoms with E-state index in [9.17, 15) is 9.59 Å². The standard InChI is InChI=1S/C37H38N8O12/c1-2-52-36-38-32-14-8-13-31(35(46)53-19-5-6-20-55-44(48)49)33(32)42(36)22-25-15-17-27(18-16-25)29-11-3-4-12-30(29)34-39-41-43(40-34)24-54-37(47)57-28-10-7-9-26(21-28)23-56-45(50)51/h3-4,7-18,21,48-51H,2,5-6,19-20,22-24H2,1H3. The predicted molar refractivity (Wildman–Crippen MR) is 193 cm³/mol. The topological polar surface area (TPSA) is 238 Å². The monoisotopic (exact) mass is 786 g/mol. The number of fused-ring (bicyclic) bond motifs is 1. The van der Waals surface area contributed by atoms with Crippen molar-refractivity contribution in [3.05, 3.63) is 108 Å². The lowest BCUT2D eigenvalue weighted by molar-refractivity contribution is -0.497. The molecule has 0 aliphatic heterocycles. The van der Waals surface area contributed by atoms with Crippen molar-refractivity contribution in [2.45, 2.75) is 39.6 Å². The summed E-state index contributed by atoms with van der Waals surface area (Å²) in [4.78, 5) is 40.4. The van der Waals surface area contributed by atoms with E-state index < -0.39 is 17.5 Å². The molecule has 0 unspecified atom stereocenters. The SMILES string of the molecule is CCOc1nc2cccc(C(=O)OCCCCON(O)O)c2n1Cc1ccc(-c2ccccc2-c2nnn(COC(=O)Oc3cccc(CON(O)O)c3)n2)cc1. The third-order valence-electron chi connectivity index (χ3n) is 8.17. The summed E-state index contributed by atoms with van der Waals surface area (Å²) in [5.74, 6) is -0.0951. The normalized spacial score (nSPS) is 11.4. The molecule has 0 radical (unpaired) electrons. The van der Waals surface area contributed by atoms with Crippen molar-refractivity contribution < 1.29 is 59.0 Å². The lowest BCUT2D eigenvalue weighted by Crippen LogP contribution is -2.16. The number of imidazole rings is 1. The van der Waals surface area contributed by atoms with Crippen LogP contribution in [0, 0.1) is 0 Å². The summed E-state index contributed by atoms with van der Waals surface area (Å²) in [7, 11) is 0. The van der Waals surface area contributed by atoms with Gasteiger partial charge in [0.1, 0.15) is 5.75 Å². The highest BCUT2D eigenvalue weighted by atomic mass is 17.1. The quantitative estimate of drug-likeness (QED) is 0.0346. The Bertz CT molecular complexity index is 2260. The maximum atomic E-state index is 13.2. The van der Waals surface area contributed by atoms with Gasteiger partial charge in [-0.1, -0.05) is 66.7 Å². The van der Waals surface area contributed by atoms with E-state index in [0.29, 0.717) is 65.6 Å². The Labute approximate surface area is 323 Å². The molecule has 298 valence electrons. The van der Waals surface area contributed by atoms with Crippen LogP contribution in [0.25, 0.3) is 33.5 Å². The highest BCUT2D eigenvalue weighted by Gasteiger charge is 2.21. The van der Waals surface area contributed by atoms with Crippen LogP contribution in [-0.2, 0) is 39.0 Å². The van der Waals surface area contributed by atoms with Gasteiger partial charge >= 0.3 is 12.1 Å². The number of benzene rings is 4. The molecule has 0 aliphatic rings. The van der Waals surface area contributed by atoms with E-state index in [4.69, 9.17) is 39.8 Å². The second-order valence-corrected chi connectivity index (χ2v) is 12.0. The second kappa shape index (κ2) is 19.5. The number of carbonyl (C=O) groups is 2. The molecule has 2 heterocycles. The van der Waals surface area contributed by atoms with E-state index >= 15 is 0 Å². The lowest BCUT2D eigenvalue weighted by atomic mass is 9.98. The van der Waals surface area contributed by atoms with Gasteiger partial charge in [-0.15, -0.1) is 15.0 Å². The molecular weight excluding hydrogens is 748 g/mol. The zero-order chi connectivity index (χ0) is 40.1. The Balaban J connectivity index is 1.12. The first-order valence-electron chi connectivity index (χ1n) is 17.5. The summed E-state index contributed by atoms with van der Waals surface area (Å²) in [6.07, 6.45) is -0.144.